The Kier molecular flexibility index (Phi) is 8.22. The average Bonchev–Trinajstić information content (AvgIpc) is 3.03. The zero-order valence-electron chi connectivity index (χ0n) is 19.0. The Balaban J connectivity index is 1.61. The number of methoxy groups -OCH3 is 1. The number of carbonyl (C=O) groups excluding carboxylic acids is 2. The molecule has 0 aliphatic carbocycles. The van der Waals surface area contributed by atoms with E-state index in [9.17, 15) is 14.0 Å². The van der Waals surface area contributed by atoms with Crippen molar-refractivity contribution in [2.45, 2.75) is 32.9 Å². The van der Waals surface area contributed by atoms with Gasteiger partial charge in [0.15, 0.2) is 0 Å². The molecule has 1 saturated heterocycles. The fraction of sp³-hybridized carbons (Fsp3) is 0.440. The Bertz CT molecular complexity index is 917. The van der Waals surface area contributed by atoms with Crippen LogP contribution in [-0.2, 0) is 11.3 Å². The van der Waals surface area contributed by atoms with Gasteiger partial charge in [0.05, 0.1) is 12.7 Å². The second-order valence-electron chi connectivity index (χ2n) is 8.48. The Hall–Kier alpha value is -2.93. The maximum absolute atomic E-state index is 14.0. The Labute approximate surface area is 189 Å². The van der Waals surface area contributed by atoms with Gasteiger partial charge in [-0.1, -0.05) is 38.1 Å². The lowest BCUT2D eigenvalue weighted by Crippen LogP contribution is -2.52. The van der Waals surface area contributed by atoms with Crippen molar-refractivity contribution in [3.05, 3.63) is 65.5 Å². The van der Waals surface area contributed by atoms with Crippen molar-refractivity contribution < 1.29 is 18.7 Å². The number of ether oxygens (including phenoxy) is 1. The lowest BCUT2D eigenvalue weighted by Gasteiger charge is -2.29. The molecule has 1 unspecified atom stereocenters. The van der Waals surface area contributed by atoms with Gasteiger partial charge < -0.3 is 15.0 Å². The number of nitrogens with zero attached hydrogens (tertiary/aromatic N) is 2. The molecule has 0 bridgehead atoms. The summed E-state index contributed by atoms with van der Waals surface area (Å²) in [6, 6.07) is 13.1. The van der Waals surface area contributed by atoms with E-state index in [2.05, 4.69) is 22.3 Å². The molecule has 2 aromatic carbocycles. The smallest absolute Gasteiger partial charge is 0.254 e. The van der Waals surface area contributed by atoms with Gasteiger partial charge in [0.2, 0.25) is 5.91 Å². The highest BCUT2D eigenvalue weighted by atomic mass is 19.1. The third kappa shape index (κ3) is 6.07. The van der Waals surface area contributed by atoms with Gasteiger partial charge in [-0.3, -0.25) is 14.5 Å². The Morgan fingerprint density at radius 3 is 2.41 bits per heavy atom. The fourth-order valence-corrected chi connectivity index (χ4v) is 3.91. The van der Waals surface area contributed by atoms with Crippen molar-refractivity contribution >= 4 is 11.8 Å². The van der Waals surface area contributed by atoms with Gasteiger partial charge in [-0.25, -0.2) is 4.39 Å². The lowest BCUT2D eigenvalue weighted by atomic mass is 10.0. The third-order valence-electron chi connectivity index (χ3n) is 5.80. The molecular weight excluding hydrogens is 409 g/mol. The first kappa shape index (κ1) is 23.7. The fourth-order valence-electron chi connectivity index (χ4n) is 3.91. The van der Waals surface area contributed by atoms with Crippen LogP contribution in [0.1, 0.15) is 36.2 Å². The van der Waals surface area contributed by atoms with E-state index < -0.39 is 17.8 Å². The molecule has 0 saturated carbocycles. The largest absolute Gasteiger partial charge is 0.497 e. The highest BCUT2D eigenvalue weighted by molar-refractivity contribution is 5.97. The molecule has 1 atom stereocenters. The van der Waals surface area contributed by atoms with Crippen LogP contribution >= 0.6 is 0 Å². The lowest BCUT2D eigenvalue weighted by molar-refractivity contribution is -0.134. The molecule has 2 amide bonds. The van der Waals surface area contributed by atoms with Gasteiger partial charge in [0.1, 0.15) is 17.6 Å². The molecule has 1 fully saturated rings. The number of rotatable bonds is 7. The summed E-state index contributed by atoms with van der Waals surface area (Å²) in [7, 11) is 1.65. The van der Waals surface area contributed by atoms with Crippen LogP contribution in [0.4, 0.5) is 4.39 Å². The van der Waals surface area contributed by atoms with E-state index in [1.165, 1.54) is 23.8 Å². The molecule has 7 heteroatoms. The van der Waals surface area contributed by atoms with Crippen molar-refractivity contribution in [1.29, 1.82) is 0 Å². The minimum absolute atomic E-state index is 0.0486. The van der Waals surface area contributed by atoms with Crippen LogP contribution < -0.4 is 10.1 Å². The number of benzene rings is 2. The van der Waals surface area contributed by atoms with E-state index in [1.807, 2.05) is 30.9 Å². The molecule has 1 N–H and O–H groups in total. The van der Waals surface area contributed by atoms with Gasteiger partial charge in [-0.15, -0.1) is 0 Å². The van der Waals surface area contributed by atoms with Crippen LogP contribution in [0.2, 0.25) is 0 Å². The van der Waals surface area contributed by atoms with Crippen LogP contribution in [0, 0.1) is 11.7 Å². The molecule has 0 spiro atoms. The summed E-state index contributed by atoms with van der Waals surface area (Å²) in [6.45, 7) is 7.46. The summed E-state index contributed by atoms with van der Waals surface area (Å²) in [5.41, 5.74) is 1.15. The highest BCUT2D eigenvalue weighted by Gasteiger charge is 2.30. The van der Waals surface area contributed by atoms with Crippen LogP contribution in [0.25, 0.3) is 0 Å². The van der Waals surface area contributed by atoms with Crippen molar-refractivity contribution in [1.82, 2.24) is 15.1 Å². The molecule has 1 aliphatic heterocycles. The summed E-state index contributed by atoms with van der Waals surface area (Å²) in [5.74, 6) is -0.554. The number of hydrogen-bond acceptors (Lipinski definition) is 4. The summed E-state index contributed by atoms with van der Waals surface area (Å²) in [4.78, 5) is 30.0. The molecule has 0 aromatic heterocycles. The molecule has 1 heterocycles. The molecule has 1 aliphatic rings. The van der Waals surface area contributed by atoms with Crippen LogP contribution in [0.5, 0.6) is 5.75 Å². The third-order valence-corrected chi connectivity index (χ3v) is 5.80. The van der Waals surface area contributed by atoms with Gasteiger partial charge in [0.25, 0.3) is 5.91 Å². The summed E-state index contributed by atoms with van der Waals surface area (Å²) >= 11 is 0. The Morgan fingerprint density at radius 2 is 1.75 bits per heavy atom. The highest BCUT2D eigenvalue weighted by Crippen LogP contribution is 2.16. The van der Waals surface area contributed by atoms with Crippen LogP contribution in [0.3, 0.4) is 0 Å². The maximum Gasteiger partial charge on any atom is 0.254 e. The predicted octanol–water partition coefficient (Wildman–Crippen LogP) is 3.32. The molecule has 6 nitrogen and oxygen atoms in total. The van der Waals surface area contributed by atoms with E-state index >= 15 is 0 Å². The van der Waals surface area contributed by atoms with Crippen molar-refractivity contribution in [3.63, 3.8) is 0 Å². The predicted molar refractivity (Wildman–Crippen MR) is 122 cm³/mol. The maximum atomic E-state index is 14.0. The summed E-state index contributed by atoms with van der Waals surface area (Å²) in [5, 5.41) is 2.76. The first-order chi connectivity index (χ1) is 15.4. The van der Waals surface area contributed by atoms with Crippen molar-refractivity contribution in [2.75, 3.05) is 33.3 Å². The van der Waals surface area contributed by atoms with Gasteiger partial charge >= 0.3 is 0 Å². The van der Waals surface area contributed by atoms with Crippen LogP contribution in [0.15, 0.2) is 48.5 Å². The SMILES string of the molecule is COc1ccc(CN2CCCN(C(=O)C(NC(=O)c3ccccc3F)C(C)C)CC2)cc1. The molecule has 2 aromatic rings. The molecule has 0 radical (unpaired) electrons. The second-order valence-corrected chi connectivity index (χ2v) is 8.48. The quantitative estimate of drug-likeness (QED) is 0.716. The standard InChI is InChI=1S/C25H32FN3O3/c1-18(2)23(27-24(30)21-7-4-5-8-22(21)26)25(31)29-14-6-13-28(15-16-29)17-19-9-11-20(32-3)12-10-19/h4-5,7-12,18,23H,6,13-17H2,1-3H3,(H,27,30). The first-order valence-electron chi connectivity index (χ1n) is 11.1. The number of hydrogen-bond donors (Lipinski definition) is 1. The summed E-state index contributed by atoms with van der Waals surface area (Å²) < 4.78 is 19.2. The summed E-state index contributed by atoms with van der Waals surface area (Å²) in [6.07, 6.45) is 0.855. The monoisotopic (exact) mass is 441 g/mol. The molecule has 32 heavy (non-hydrogen) atoms. The minimum atomic E-state index is -0.699. The number of carbonyl (C=O) groups is 2. The van der Waals surface area contributed by atoms with E-state index in [1.54, 1.807) is 13.2 Å². The number of nitrogens with one attached hydrogen (secondary N) is 1. The van der Waals surface area contributed by atoms with Gasteiger partial charge in [-0.05, 0) is 42.2 Å². The van der Waals surface area contributed by atoms with E-state index in [4.69, 9.17) is 4.74 Å². The minimum Gasteiger partial charge on any atom is -0.497 e. The number of amides is 2. The normalized spacial score (nSPS) is 15.8. The second kappa shape index (κ2) is 11.1. The van der Waals surface area contributed by atoms with E-state index in [-0.39, 0.29) is 17.4 Å². The average molecular weight is 442 g/mol. The van der Waals surface area contributed by atoms with Crippen LogP contribution in [-0.4, -0.2) is 60.9 Å². The van der Waals surface area contributed by atoms with Gasteiger partial charge in [-0.2, -0.15) is 0 Å². The Morgan fingerprint density at radius 1 is 1.03 bits per heavy atom. The van der Waals surface area contributed by atoms with Crippen molar-refractivity contribution in [3.8, 4) is 5.75 Å². The molecular formula is C25H32FN3O3. The zero-order chi connectivity index (χ0) is 23.1. The molecule has 3 rings (SSSR count). The zero-order valence-corrected chi connectivity index (χ0v) is 19.0. The topological polar surface area (TPSA) is 61.9 Å². The van der Waals surface area contributed by atoms with E-state index in [0.717, 1.165) is 31.8 Å². The number of halogens is 1. The van der Waals surface area contributed by atoms with Crippen molar-refractivity contribution in [2.24, 2.45) is 5.92 Å². The van der Waals surface area contributed by atoms with Gasteiger partial charge in [0, 0.05) is 32.7 Å². The molecule has 172 valence electrons. The first-order valence-corrected chi connectivity index (χ1v) is 11.1. The van der Waals surface area contributed by atoms with E-state index in [0.29, 0.717) is 13.1 Å².